The van der Waals surface area contributed by atoms with Gasteiger partial charge in [0.05, 0.1) is 5.60 Å². The molecule has 0 aromatic carbocycles. The molecule has 0 radical (unpaired) electrons. The van der Waals surface area contributed by atoms with Gasteiger partial charge in [-0.2, -0.15) is 0 Å². The first-order valence-corrected chi connectivity index (χ1v) is 4.89. The molecule has 11 heavy (non-hydrogen) atoms. The highest BCUT2D eigenvalue weighted by Crippen LogP contribution is 2.54. The van der Waals surface area contributed by atoms with E-state index in [-0.39, 0.29) is 11.0 Å². The zero-order valence-electron chi connectivity index (χ0n) is 7.40. The quantitative estimate of drug-likeness (QED) is 0.568. The molecule has 0 aromatic rings. The van der Waals surface area contributed by atoms with Gasteiger partial charge in [-0.25, -0.2) is 0 Å². The van der Waals surface area contributed by atoms with E-state index in [1.54, 1.807) is 0 Å². The monoisotopic (exact) mass is 154 g/mol. The first-order valence-electron chi connectivity index (χ1n) is 4.89. The fourth-order valence-corrected chi connectivity index (χ4v) is 3.02. The van der Waals surface area contributed by atoms with Crippen molar-refractivity contribution < 1.29 is 5.11 Å². The van der Waals surface area contributed by atoms with E-state index in [1.165, 1.54) is 32.1 Å². The topological polar surface area (TPSA) is 20.2 Å². The molecule has 2 saturated carbocycles. The summed E-state index contributed by atoms with van der Waals surface area (Å²) in [5.74, 6) is 0. The standard InChI is InChI=1S/C10H18O/c1-9-5-2-3-7-10(9,11)8-4-6-9/h11H,2-8H2,1H3/t9-,10-/m0/s1. The van der Waals surface area contributed by atoms with Crippen LogP contribution in [0.1, 0.15) is 51.9 Å². The molecular weight excluding hydrogens is 136 g/mol. The molecule has 0 amide bonds. The van der Waals surface area contributed by atoms with E-state index in [1.807, 2.05) is 0 Å². The van der Waals surface area contributed by atoms with Gasteiger partial charge >= 0.3 is 0 Å². The summed E-state index contributed by atoms with van der Waals surface area (Å²) in [7, 11) is 0. The minimum atomic E-state index is -0.273. The lowest BCUT2D eigenvalue weighted by Crippen LogP contribution is -2.44. The average Bonchev–Trinajstić information content (AvgIpc) is 2.25. The van der Waals surface area contributed by atoms with E-state index < -0.39 is 0 Å². The zero-order chi connectivity index (χ0) is 7.95. The predicted octanol–water partition coefficient (Wildman–Crippen LogP) is 2.48. The maximum absolute atomic E-state index is 10.3. The minimum Gasteiger partial charge on any atom is -0.389 e. The lowest BCUT2D eigenvalue weighted by Gasteiger charge is -2.43. The fraction of sp³-hybridized carbons (Fsp3) is 1.00. The van der Waals surface area contributed by atoms with Crippen molar-refractivity contribution in [2.75, 3.05) is 0 Å². The van der Waals surface area contributed by atoms with Gasteiger partial charge in [-0.1, -0.05) is 19.8 Å². The summed E-state index contributed by atoms with van der Waals surface area (Å²) >= 11 is 0. The molecule has 0 aromatic heterocycles. The van der Waals surface area contributed by atoms with Gasteiger partial charge in [0.1, 0.15) is 0 Å². The van der Waals surface area contributed by atoms with Crippen LogP contribution in [0.3, 0.4) is 0 Å². The van der Waals surface area contributed by atoms with Crippen molar-refractivity contribution in [2.24, 2.45) is 5.41 Å². The summed E-state index contributed by atoms with van der Waals surface area (Å²) in [6, 6.07) is 0. The van der Waals surface area contributed by atoms with Crippen LogP contribution in [0, 0.1) is 5.41 Å². The summed E-state index contributed by atoms with van der Waals surface area (Å²) in [4.78, 5) is 0. The van der Waals surface area contributed by atoms with Crippen LogP contribution in [-0.4, -0.2) is 10.7 Å². The van der Waals surface area contributed by atoms with Crippen molar-refractivity contribution in [3.8, 4) is 0 Å². The molecule has 1 N–H and O–H groups in total. The van der Waals surface area contributed by atoms with Crippen molar-refractivity contribution >= 4 is 0 Å². The third kappa shape index (κ3) is 0.936. The van der Waals surface area contributed by atoms with Crippen LogP contribution >= 0.6 is 0 Å². The molecule has 2 aliphatic carbocycles. The first-order chi connectivity index (χ1) is 5.16. The summed E-state index contributed by atoms with van der Waals surface area (Å²) in [6.07, 6.45) is 8.44. The van der Waals surface area contributed by atoms with E-state index in [9.17, 15) is 5.11 Å². The molecule has 1 heteroatoms. The Morgan fingerprint density at radius 1 is 0.909 bits per heavy atom. The highest BCUT2D eigenvalue weighted by Gasteiger charge is 2.51. The highest BCUT2D eigenvalue weighted by molar-refractivity contribution is 5.03. The van der Waals surface area contributed by atoms with Gasteiger partial charge in [0.15, 0.2) is 0 Å². The van der Waals surface area contributed by atoms with Gasteiger partial charge in [-0.15, -0.1) is 0 Å². The van der Waals surface area contributed by atoms with E-state index in [0.717, 1.165) is 12.8 Å². The second-order valence-corrected chi connectivity index (χ2v) is 4.65. The second kappa shape index (κ2) is 2.22. The average molecular weight is 154 g/mol. The first kappa shape index (κ1) is 7.60. The molecule has 0 bridgehead atoms. The number of fused-ring (bicyclic) bond motifs is 1. The zero-order valence-corrected chi connectivity index (χ0v) is 7.40. The Kier molecular flexibility index (Phi) is 1.54. The van der Waals surface area contributed by atoms with Gasteiger partial charge in [-0.05, 0) is 37.5 Å². The molecule has 2 fully saturated rings. The fourth-order valence-electron chi connectivity index (χ4n) is 3.02. The number of hydrogen-bond donors (Lipinski definition) is 1. The van der Waals surface area contributed by atoms with Crippen LogP contribution in [0.25, 0.3) is 0 Å². The Bertz CT molecular complexity index is 148. The highest BCUT2D eigenvalue weighted by atomic mass is 16.3. The van der Waals surface area contributed by atoms with Crippen molar-refractivity contribution in [1.82, 2.24) is 0 Å². The van der Waals surface area contributed by atoms with Gasteiger partial charge < -0.3 is 5.11 Å². The van der Waals surface area contributed by atoms with E-state index >= 15 is 0 Å². The maximum Gasteiger partial charge on any atom is 0.0701 e. The van der Waals surface area contributed by atoms with Gasteiger partial charge in [-0.3, -0.25) is 0 Å². The molecule has 0 unspecified atom stereocenters. The van der Waals surface area contributed by atoms with Gasteiger partial charge in [0.25, 0.3) is 0 Å². The van der Waals surface area contributed by atoms with E-state index in [4.69, 9.17) is 0 Å². The number of aliphatic hydroxyl groups is 1. The Labute approximate surface area is 68.8 Å². The summed E-state index contributed by atoms with van der Waals surface area (Å²) in [6.45, 7) is 2.28. The van der Waals surface area contributed by atoms with Crippen LogP contribution in [0.5, 0.6) is 0 Å². The third-order valence-corrected chi connectivity index (χ3v) is 4.01. The molecule has 2 rings (SSSR count). The minimum absolute atomic E-state index is 0.273. The van der Waals surface area contributed by atoms with E-state index in [0.29, 0.717) is 0 Å². The van der Waals surface area contributed by atoms with Crippen molar-refractivity contribution in [3.05, 3.63) is 0 Å². The van der Waals surface area contributed by atoms with Crippen LogP contribution in [0.4, 0.5) is 0 Å². The maximum atomic E-state index is 10.3. The summed E-state index contributed by atoms with van der Waals surface area (Å²) in [5, 5.41) is 10.3. The van der Waals surface area contributed by atoms with Gasteiger partial charge in [0.2, 0.25) is 0 Å². The molecule has 1 nitrogen and oxygen atoms in total. The Balaban J connectivity index is 2.24. The number of hydrogen-bond acceptors (Lipinski definition) is 1. The molecule has 0 heterocycles. The van der Waals surface area contributed by atoms with Crippen LogP contribution in [0.15, 0.2) is 0 Å². The summed E-state index contributed by atoms with van der Waals surface area (Å²) < 4.78 is 0. The van der Waals surface area contributed by atoms with Crippen LogP contribution in [0.2, 0.25) is 0 Å². The SMILES string of the molecule is C[C@@]12CCCC[C@]1(O)CCC2. The Morgan fingerprint density at radius 3 is 2.18 bits per heavy atom. The molecule has 0 aliphatic heterocycles. The van der Waals surface area contributed by atoms with Gasteiger partial charge in [0, 0.05) is 0 Å². The molecule has 0 saturated heterocycles. The normalized spacial score (nSPS) is 50.7. The largest absolute Gasteiger partial charge is 0.389 e. The van der Waals surface area contributed by atoms with E-state index in [2.05, 4.69) is 6.92 Å². The molecule has 2 atom stereocenters. The van der Waals surface area contributed by atoms with Crippen molar-refractivity contribution in [2.45, 2.75) is 57.5 Å². The summed E-state index contributed by atoms with van der Waals surface area (Å²) in [5.41, 5.74) is 0.0104. The predicted molar refractivity (Wildman–Crippen MR) is 45.4 cm³/mol. The molecule has 2 aliphatic rings. The smallest absolute Gasteiger partial charge is 0.0701 e. The molecule has 64 valence electrons. The lowest BCUT2D eigenvalue weighted by atomic mass is 9.66. The lowest BCUT2D eigenvalue weighted by molar-refractivity contribution is -0.0819. The Hall–Kier alpha value is -0.0400. The molecular formula is C10H18O. The van der Waals surface area contributed by atoms with Crippen LogP contribution < -0.4 is 0 Å². The van der Waals surface area contributed by atoms with Crippen molar-refractivity contribution in [1.29, 1.82) is 0 Å². The second-order valence-electron chi connectivity index (χ2n) is 4.65. The molecule has 0 spiro atoms. The Morgan fingerprint density at radius 2 is 1.45 bits per heavy atom. The number of rotatable bonds is 0. The van der Waals surface area contributed by atoms with Crippen LogP contribution in [-0.2, 0) is 0 Å². The van der Waals surface area contributed by atoms with Crippen molar-refractivity contribution in [3.63, 3.8) is 0 Å². The third-order valence-electron chi connectivity index (χ3n) is 4.01.